The summed E-state index contributed by atoms with van der Waals surface area (Å²) in [5.74, 6) is -0.722. The third-order valence-corrected chi connectivity index (χ3v) is 3.02. The third kappa shape index (κ3) is 2.34. The van der Waals surface area contributed by atoms with Crippen LogP contribution in [0.2, 0.25) is 0 Å². The first kappa shape index (κ1) is 11.7. The molecule has 0 saturated heterocycles. The lowest BCUT2D eigenvalue weighted by atomic mass is 10.4. The fourth-order valence-electron chi connectivity index (χ4n) is 0.935. The second-order valence-corrected chi connectivity index (χ2v) is 4.36. The molecule has 0 unspecified atom stereocenters. The van der Waals surface area contributed by atoms with E-state index in [1.165, 1.54) is 7.05 Å². The van der Waals surface area contributed by atoms with Crippen LogP contribution in [0.1, 0.15) is 17.3 Å². The average molecular weight is 233 g/mol. The molecule has 0 aliphatic heterocycles. The molecule has 8 heteroatoms. The topological polar surface area (TPSA) is 101 Å². The van der Waals surface area contributed by atoms with Crippen molar-refractivity contribution in [2.75, 3.05) is 13.7 Å². The Labute approximate surface area is 86.9 Å². The maximum absolute atomic E-state index is 11.4. The minimum atomic E-state index is -3.72. The highest BCUT2D eigenvalue weighted by molar-refractivity contribution is 7.89. The van der Waals surface area contributed by atoms with Gasteiger partial charge in [-0.3, -0.25) is 5.10 Å². The van der Waals surface area contributed by atoms with Crippen molar-refractivity contribution < 1.29 is 17.9 Å². The maximum atomic E-state index is 11.4. The van der Waals surface area contributed by atoms with E-state index in [0.717, 1.165) is 6.20 Å². The van der Waals surface area contributed by atoms with Crippen molar-refractivity contribution in [2.45, 2.75) is 11.9 Å². The monoisotopic (exact) mass is 233 g/mol. The van der Waals surface area contributed by atoms with Crippen molar-refractivity contribution in [1.29, 1.82) is 0 Å². The molecule has 0 aromatic carbocycles. The molecule has 2 N–H and O–H groups in total. The summed E-state index contributed by atoms with van der Waals surface area (Å²) in [4.78, 5) is 11.3. The quantitative estimate of drug-likeness (QED) is 0.682. The van der Waals surface area contributed by atoms with Crippen LogP contribution in [-0.4, -0.2) is 38.2 Å². The first-order chi connectivity index (χ1) is 7.03. The van der Waals surface area contributed by atoms with E-state index in [0.29, 0.717) is 0 Å². The number of sulfonamides is 1. The normalized spacial score (nSPS) is 11.3. The first-order valence-electron chi connectivity index (χ1n) is 4.17. The molecule has 0 atom stereocenters. The van der Waals surface area contributed by atoms with Gasteiger partial charge in [0.1, 0.15) is 5.56 Å². The molecule has 0 saturated carbocycles. The van der Waals surface area contributed by atoms with E-state index in [1.807, 2.05) is 0 Å². The van der Waals surface area contributed by atoms with Gasteiger partial charge in [0.2, 0.25) is 0 Å². The number of ether oxygens (including phenoxy) is 1. The van der Waals surface area contributed by atoms with Crippen LogP contribution in [-0.2, 0) is 14.8 Å². The van der Waals surface area contributed by atoms with Gasteiger partial charge in [0.15, 0.2) is 5.03 Å². The van der Waals surface area contributed by atoms with Gasteiger partial charge >= 0.3 is 5.97 Å². The number of esters is 1. The van der Waals surface area contributed by atoms with Gasteiger partial charge in [0.05, 0.1) is 12.8 Å². The minimum Gasteiger partial charge on any atom is -0.462 e. The largest absolute Gasteiger partial charge is 0.462 e. The Kier molecular flexibility index (Phi) is 3.43. The molecule has 0 amide bonds. The number of nitrogens with zero attached hydrogens (tertiary/aromatic N) is 1. The van der Waals surface area contributed by atoms with Crippen LogP contribution in [0.15, 0.2) is 11.2 Å². The van der Waals surface area contributed by atoms with Gasteiger partial charge in [-0.25, -0.2) is 17.9 Å². The summed E-state index contributed by atoms with van der Waals surface area (Å²) in [5, 5.41) is 5.44. The molecule has 1 heterocycles. The van der Waals surface area contributed by atoms with Crippen LogP contribution in [0.4, 0.5) is 0 Å². The van der Waals surface area contributed by atoms with Crippen molar-refractivity contribution in [3.63, 3.8) is 0 Å². The summed E-state index contributed by atoms with van der Waals surface area (Å²) in [6.45, 7) is 1.80. The summed E-state index contributed by atoms with van der Waals surface area (Å²) < 4.78 is 29.6. The number of aromatic nitrogens is 2. The van der Waals surface area contributed by atoms with E-state index >= 15 is 0 Å². The Morgan fingerprint density at radius 3 is 2.87 bits per heavy atom. The van der Waals surface area contributed by atoms with Crippen LogP contribution in [0, 0.1) is 0 Å². The summed E-state index contributed by atoms with van der Waals surface area (Å²) in [6.07, 6.45) is 1.11. The Balaban J connectivity index is 3.13. The van der Waals surface area contributed by atoms with Gasteiger partial charge in [-0.2, -0.15) is 5.10 Å². The SMILES string of the molecule is CCOC(=O)c1cn[nH]c1S(=O)(=O)NC. The van der Waals surface area contributed by atoms with Gasteiger partial charge in [0.25, 0.3) is 10.0 Å². The predicted molar refractivity (Wildman–Crippen MR) is 50.8 cm³/mol. The lowest BCUT2D eigenvalue weighted by Crippen LogP contribution is -2.21. The lowest BCUT2D eigenvalue weighted by Gasteiger charge is -2.02. The molecule has 0 fully saturated rings. The highest BCUT2D eigenvalue weighted by atomic mass is 32.2. The zero-order valence-corrected chi connectivity index (χ0v) is 9.09. The molecule has 15 heavy (non-hydrogen) atoms. The molecule has 0 radical (unpaired) electrons. The van der Waals surface area contributed by atoms with Crippen LogP contribution >= 0.6 is 0 Å². The van der Waals surface area contributed by atoms with Gasteiger partial charge in [-0.15, -0.1) is 0 Å². The van der Waals surface area contributed by atoms with Gasteiger partial charge in [-0.1, -0.05) is 0 Å². The van der Waals surface area contributed by atoms with Crippen LogP contribution in [0.5, 0.6) is 0 Å². The third-order valence-electron chi connectivity index (χ3n) is 1.64. The molecule has 0 aliphatic carbocycles. The number of H-pyrrole nitrogens is 1. The van der Waals surface area contributed by atoms with E-state index in [2.05, 4.69) is 19.7 Å². The highest BCUT2D eigenvalue weighted by Gasteiger charge is 2.24. The number of carbonyl (C=O) groups excluding carboxylic acids is 1. The van der Waals surface area contributed by atoms with E-state index in [9.17, 15) is 13.2 Å². The molecule has 1 aromatic heterocycles. The lowest BCUT2D eigenvalue weighted by molar-refractivity contribution is 0.0522. The molecule has 84 valence electrons. The highest BCUT2D eigenvalue weighted by Crippen LogP contribution is 2.12. The smallest absolute Gasteiger partial charge is 0.342 e. The summed E-state index contributed by atoms with van der Waals surface area (Å²) in [7, 11) is -2.48. The zero-order valence-electron chi connectivity index (χ0n) is 8.27. The fraction of sp³-hybridized carbons (Fsp3) is 0.429. The van der Waals surface area contributed by atoms with Crippen molar-refractivity contribution >= 4 is 16.0 Å². The first-order valence-corrected chi connectivity index (χ1v) is 5.65. The van der Waals surface area contributed by atoms with Crippen LogP contribution in [0.25, 0.3) is 0 Å². The number of aromatic amines is 1. The molecule has 0 bridgehead atoms. The Morgan fingerprint density at radius 2 is 2.33 bits per heavy atom. The second kappa shape index (κ2) is 4.41. The van der Waals surface area contributed by atoms with Crippen LogP contribution < -0.4 is 4.72 Å². The van der Waals surface area contributed by atoms with Crippen molar-refractivity contribution in [3.8, 4) is 0 Å². The molecule has 0 spiro atoms. The van der Waals surface area contributed by atoms with E-state index in [-0.39, 0.29) is 17.2 Å². The van der Waals surface area contributed by atoms with Crippen molar-refractivity contribution in [3.05, 3.63) is 11.8 Å². The van der Waals surface area contributed by atoms with E-state index in [4.69, 9.17) is 0 Å². The predicted octanol–water partition coefficient (Wildman–Crippen LogP) is -0.506. The molecular formula is C7H11N3O4S. The van der Waals surface area contributed by atoms with Gasteiger partial charge < -0.3 is 4.74 Å². The van der Waals surface area contributed by atoms with Crippen LogP contribution in [0.3, 0.4) is 0 Å². The van der Waals surface area contributed by atoms with Gasteiger partial charge in [0, 0.05) is 0 Å². The second-order valence-electron chi connectivity index (χ2n) is 2.54. The number of hydrogen-bond acceptors (Lipinski definition) is 5. The zero-order chi connectivity index (χ0) is 11.5. The fourth-order valence-corrected chi connectivity index (χ4v) is 1.74. The summed E-state index contributed by atoms with van der Waals surface area (Å²) in [6, 6.07) is 0. The van der Waals surface area contributed by atoms with E-state index < -0.39 is 16.0 Å². The Hall–Kier alpha value is -1.41. The number of carbonyl (C=O) groups is 1. The Bertz CT molecular complexity index is 451. The van der Waals surface area contributed by atoms with E-state index in [1.54, 1.807) is 6.92 Å². The summed E-state index contributed by atoms with van der Waals surface area (Å²) in [5.41, 5.74) is -0.105. The summed E-state index contributed by atoms with van der Waals surface area (Å²) >= 11 is 0. The molecule has 1 aromatic rings. The standard InChI is InChI=1S/C7H11N3O4S/c1-3-14-7(11)5-4-9-10-6(5)15(12,13)8-2/h4,8H,3H2,1-2H3,(H,9,10). The van der Waals surface area contributed by atoms with Crippen molar-refractivity contribution in [2.24, 2.45) is 0 Å². The number of hydrogen-bond donors (Lipinski definition) is 2. The molecule has 1 rings (SSSR count). The van der Waals surface area contributed by atoms with Gasteiger partial charge in [-0.05, 0) is 14.0 Å². The Morgan fingerprint density at radius 1 is 1.67 bits per heavy atom. The molecule has 7 nitrogen and oxygen atoms in total. The maximum Gasteiger partial charge on any atom is 0.342 e. The molecule has 0 aliphatic rings. The minimum absolute atomic E-state index is 0.105. The van der Waals surface area contributed by atoms with Crippen molar-refractivity contribution in [1.82, 2.24) is 14.9 Å². The molecular weight excluding hydrogens is 222 g/mol. The average Bonchev–Trinajstić information content (AvgIpc) is 2.67. The number of rotatable bonds is 4. The number of nitrogens with one attached hydrogen (secondary N) is 2.